The minimum absolute atomic E-state index is 0.0336. The van der Waals surface area contributed by atoms with E-state index < -0.39 is 11.9 Å². The van der Waals surface area contributed by atoms with Gasteiger partial charge in [0.25, 0.3) is 0 Å². The molecule has 3 rings (SSSR count). The molecule has 1 aliphatic rings. The summed E-state index contributed by atoms with van der Waals surface area (Å²) in [7, 11) is 1.63. The molecule has 0 radical (unpaired) electrons. The Morgan fingerprint density at radius 2 is 1.83 bits per heavy atom. The highest BCUT2D eigenvalue weighted by Crippen LogP contribution is 2.35. The molecule has 124 valence electrons. The number of hydrogen-bond acceptors (Lipinski definition) is 3. The summed E-state index contributed by atoms with van der Waals surface area (Å²) in [6.07, 6.45) is 0.679. The Labute approximate surface area is 141 Å². The quantitative estimate of drug-likeness (QED) is 0.923. The minimum Gasteiger partial charge on any atom is -0.497 e. The first-order chi connectivity index (χ1) is 11.5. The van der Waals surface area contributed by atoms with Crippen LogP contribution in [0.15, 0.2) is 42.5 Å². The Kier molecular flexibility index (Phi) is 4.38. The fourth-order valence-corrected chi connectivity index (χ4v) is 3.30. The van der Waals surface area contributed by atoms with Gasteiger partial charge in [0.05, 0.1) is 13.0 Å². The van der Waals surface area contributed by atoms with E-state index in [1.54, 1.807) is 13.2 Å². The first-order valence-corrected chi connectivity index (χ1v) is 8.05. The molecule has 2 aromatic rings. The van der Waals surface area contributed by atoms with Crippen molar-refractivity contribution in [3.8, 4) is 5.75 Å². The van der Waals surface area contributed by atoms with Gasteiger partial charge in [-0.1, -0.05) is 31.2 Å². The number of carboxylic acids is 1. The highest BCUT2D eigenvalue weighted by Gasteiger charge is 2.30. The van der Waals surface area contributed by atoms with E-state index in [-0.39, 0.29) is 11.7 Å². The zero-order valence-electron chi connectivity index (χ0n) is 13.8. The van der Waals surface area contributed by atoms with Gasteiger partial charge in [-0.05, 0) is 41.3 Å². The second-order valence-electron chi connectivity index (χ2n) is 6.19. The van der Waals surface area contributed by atoms with E-state index in [4.69, 9.17) is 4.74 Å². The number of ketones is 1. The minimum atomic E-state index is -0.861. The van der Waals surface area contributed by atoms with Crippen molar-refractivity contribution in [3.05, 3.63) is 64.7 Å². The smallest absolute Gasteiger partial charge is 0.311 e. The van der Waals surface area contributed by atoms with Crippen LogP contribution in [0.25, 0.3) is 0 Å². The van der Waals surface area contributed by atoms with Gasteiger partial charge >= 0.3 is 5.97 Å². The molecule has 0 aromatic heterocycles. The van der Waals surface area contributed by atoms with Gasteiger partial charge in [0.1, 0.15) is 5.75 Å². The SMILES string of the molecule is COc1ccc(C(C)c2ccc3c(c2)C(=O)CCC3C(=O)O)cc1. The van der Waals surface area contributed by atoms with Crippen LogP contribution in [-0.4, -0.2) is 24.0 Å². The lowest BCUT2D eigenvalue weighted by Gasteiger charge is -2.23. The summed E-state index contributed by atoms with van der Waals surface area (Å²) in [6, 6.07) is 13.4. The number of carboxylic acid groups (broad SMARTS) is 1. The molecule has 0 amide bonds. The lowest BCUT2D eigenvalue weighted by atomic mass is 9.80. The van der Waals surface area contributed by atoms with Crippen molar-refractivity contribution < 1.29 is 19.4 Å². The predicted octanol–water partition coefficient (Wildman–Crippen LogP) is 3.99. The van der Waals surface area contributed by atoms with Gasteiger partial charge in [-0.2, -0.15) is 0 Å². The van der Waals surface area contributed by atoms with E-state index in [0.717, 1.165) is 16.9 Å². The van der Waals surface area contributed by atoms with E-state index in [2.05, 4.69) is 6.92 Å². The number of carbonyl (C=O) groups excluding carboxylic acids is 1. The molecule has 2 atom stereocenters. The van der Waals surface area contributed by atoms with E-state index in [9.17, 15) is 14.7 Å². The molecule has 2 aromatic carbocycles. The van der Waals surface area contributed by atoms with E-state index >= 15 is 0 Å². The first-order valence-electron chi connectivity index (χ1n) is 8.05. The topological polar surface area (TPSA) is 63.6 Å². The molecule has 1 N–H and O–H groups in total. The van der Waals surface area contributed by atoms with Gasteiger partial charge in [-0.25, -0.2) is 0 Å². The van der Waals surface area contributed by atoms with Crippen LogP contribution in [0, 0.1) is 0 Å². The van der Waals surface area contributed by atoms with Crippen LogP contribution in [0.5, 0.6) is 5.75 Å². The van der Waals surface area contributed by atoms with Crippen LogP contribution < -0.4 is 4.74 Å². The molecule has 24 heavy (non-hydrogen) atoms. The standard InChI is InChI=1S/C20H20O4/c1-12(13-3-6-15(24-2)7-4-13)14-5-8-16-17(20(22)23)9-10-19(21)18(16)11-14/h3-8,11-12,17H,9-10H2,1-2H3,(H,22,23). The monoisotopic (exact) mass is 324 g/mol. The predicted molar refractivity (Wildman–Crippen MR) is 90.9 cm³/mol. The maximum atomic E-state index is 12.2. The Morgan fingerprint density at radius 1 is 1.17 bits per heavy atom. The maximum absolute atomic E-state index is 12.2. The normalized spacial score (nSPS) is 17.9. The van der Waals surface area contributed by atoms with Crippen LogP contribution in [-0.2, 0) is 4.79 Å². The molecular formula is C20H20O4. The number of hydrogen-bond donors (Lipinski definition) is 1. The highest BCUT2D eigenvalue weighted by atomic mass is 16.5. The fourth-order valence-electron chi connectivity index (χ4n) is 3.30. The third kappa shape index (κ3) is 2.92. The van der Waals surface area contributed by atoms with Gasteiger partial charge in [-0.15, -0.1) is 0 Å². The van der Waals surface area contributed by atoms with Gasteiger partial charge in [0.15, 0.2) is 5.78 Å². The molecule has 0 saturated heterocycles. The van der Waals surface area contributed by atoms with Crippen molar-refractivity contribution in [2.24, 2.45) is 0 Å². The van der Waals surface area contributed by atoms with Gasteiger partial charge in [0, 0.05) is 17.9 Å². The van der Waals surface area contributed by atoms with Gasteiger partial charge in [0.2, 0.25) is 0 Å². The third-order valence-corrected chi connectivity index (χ3v) is 4.83. The van der Waals surface area contributed by atoms with Crippen molar-refractivity contribution in [1.82, 2.24) is 0 Å². The molecular weight excluding hydrogens is 304 g/mol. The average Bonchev–Trinajstić information content (AvgIpc) is 2.61. The van der Waals surface area contributed by atoms with Crippen LogP contribution >= 0.6 is 0 Å². The fraction of sp³-hybridized carbons (Fsp3) is 0.300. The summed E-state index contributed by atoms with van der Waals surface area (Å²) in [5, 5.41) is 9.35. The molecule has 1 aliphatic carbocycles. The summed E-state index contributed by atoms with van der Waals surface area (Å²) < 4.78 is 5.18. The lowest BCUT2D eigenvalue weighted by Crippen LogP contribution is -2.22. The molecule has 0 spiro atoms. The second kappa shape index (κ2) is 6.48. The molecule has 0 heterocycles. The van der Waals surface area contributed by atoms with Crippen molar-refractivity contribution in [2.45, 2.75) is 31.6 Å². The maximum Gasteiger partial charge on any atom is 0.311 e. The van der Waals surface area contributed by atoms with Crippen molar-refractivity contribution in [3.63, 3.8) is 0 Å². The summed E-state index contributed by atoms with van der Waals surface area (Å²) in [6.45, 7) is 2.07. The van der Waals surface area contributed by atoms with Crippen LogP contribution in [0.1, 0.15) is 58.6 Å². The molecule has 0 saturated carbocycles. The summed E-state index contributed by atoms with van der Waals surface area (Å²) in [4.78, 5) is 23.6. The second-order valence-corrected chi connectivity index (χ2v) is 6.19. The molecule has 0 fully saturated rings. The number of rotatable bonds is 4. The largest absolute Gasteiger partial charge is 0.497 e. The Bertz CT molecular complexity index is 777. The Hall–Kier alpha value is -2.62. The zero-order chi connectivity index (χ0) is 17.3. The molecule has 2 unspecified atom stereocenters. The van der Waals surface area contributed by atoms with Gasteiger partial charge < -0.3 is 9.84 Å². The van der Waals surface area contributed by atoms with E-state index in [0.29, 0.717) is 24.0 Å². The number of Topliss-reactive ketones (excluding diaryl/α,β-unsaturated/α-hetero) is 1. The van der Waals surface area contributed by atoms with Crippen LogP contribution in [0.4, 0.5) is 0 Å². The number of carbonyl (C=O) groups is 2. The van der Waals surface area contributed by atoms with E-state index in [1.807, 2.05) is 36.4 Å². The molecule has 0 bridgehead atoms. The lowest BCUT2D eigenvalue weighted by molar-refractivity contribution is -0.139. The highest BCUT2D eigenvalue weighted by molar-refractivity contribution is 6.01. The number of fused-ring (bicyclic) bond motifs is 1. The number of ether oxygens (including phenoxy) is 1. The molecule has 0 aliphatic heterocycles. The molecule has 4 heteroatoms. The number of methoxy groups -OCH3 is 1. The average molecular weight is 324 g/mol. The Morgan fingerprint density at radius 3 is 2.46 bits per heavy atom. The first kappa shape index (κ1) is 16.2. The Balaban J connectivity index is 1.96. The zero-order valence-corrected chi connectivity index (χ0v) is 13.8. The summed E-state index contributed by atoms with van der Waals surface area (Å²) in [5.74, 6) is -0.496. The summed E-state index contributed by atoms with van der Waals surface area (Å²) >= 11 is 0. The third-order valence-electron chi connectivity index (χ3n) is 4.83. The molecule has 4 nitrogen and oxygen atoms in total. The van der Waals surface area contributed by atoms with Crippen molar-refractivity contribution in [2.75, 3.05) is 7.11 Å². The van der Waals surface area contributed by atoms with Crippen LogP contribution in [0.2, 0.25) is 0 Å². The van der Waals surface area contributed by atoms with Crippen LogP contribution in [0.3, 0.4) is 0 Å². The van der Waals surface area contributed by atoms with Crippen molar-refractivity contribution in [1.29, 1.82) is 0 Å². The van der Waals surface area contributed by atoms with Gasteiger partial charge in [-0.3, -0.25) is 9.59 Å². The summed E-state index contributed by atoms with van der Waals surface area (Å²) in [5.41, 5.74) is 3.34. The van der Waals surface area contributed by atoms with E-state index in [1.165, 1.54) is 0 Å². The number of benzene rings is 2. The van der Waals surface area contributed by atoms with Crippen molar-refractivity contribution >= 4 is 11.8 Å². The number of aliphatic carboxylic acids is 1.